The Kier molecular flexibility index (Phi) is 4.29. The largest absolute Gasteiger partial charge is 0.480 e. The van der Waals surface area contributed by atoms with E-state index in [2.05, 4.69) is 10.6 Å². The topological polar surface area (TPSA) is 78.4 Å². The van der Waals surface area contributed by atoms with E-state index in [4.69, 9.17) is 5.11 Å². The summed E-state index contributed by atoms with van der Waals surface area (Å²) in [4.78, 5) is 22.9. The first-order valence-corrected chi connectivity index (χ1v) is 5.78. The summed E-state index contributed by atoms with van der Waals surface area (Å²) in [6, 6.07) is -0.237. The molecule has 0 aromatic heterocycles. The lowest BCUT2D eigenvalue weighted by atomic mass is 9.97. The van der Waals surface area contributed by atoms with Gasteiger partial charge in [-0.2, -0.15) is 0 Å². The molecule has 5 heteroatoms. The second-order valence-corrected chi connectivity index (χ2v) is 4.48. The predicted molar refractivity (Wildman–Crippen MR) is 60.1 cm³/mol. The molecule has 0 aliphatic carbocycles. The van der Waals surface area contributed by atoms with Gasteiger partial charge in [-0.25, -0.2) is 4.79 Å². The molecular weight excluding hydrogens is 208 g/mol. The maximum atomic E-state index is 11.8. The number of amides is 1. The zero-order valence-corrected chi connectivity index (χ0v) is 9.88. The Morgan fingerprint density at radius 2 is 2.19 bits per heavy atom. The SMILES string of the molecule is CCC(C)(NC(=O)[C@@H]1CCCCN1)C(=O)O. The maximum Gasteiger partial charge on any atom is 0.329 e. The Labute approximate surface area is 95.6 Å². The summed E-state index contributed by atoms with van der Waals surface area (Å²) in [6.45, 7) is 4.12. The summed E-state index contributed by atoms with van der Waals surface area (Å²) in [7, 11) is 0. The van der Waals surface area contributed by atoms with E-state index in [9.17, 15) is 9.59 Å². The van der Waals surface area contributed by atoms with Crippen molar-refractivity contribution in [1.29, 1.82) is 0 Å². The van der Waals surface area contributed by atoms with Gasteiger partial charge in [-0.3, -0.25) is 4.79 Å². The lowest BCUT2D eigenvalue weighted by Crippen LogP contribution is -2.57. The number of aliphatic carboxylic acids is 1. The molecule has 0 aromatic carbocycles. The quantitative estimate of drug-likeness (QED) is 0.654. The molecule has 0 radical (unpaired) electrons. The smallest absolute Gasteiger partial charge is 0.329 e. The fraction of sp³-hybridized carbons (Fsp3) is 0.818. The van der Waals surface area contributed by atoms with E-state index >= 15 is 0 Å². The number of nitrogens with one attached hydrogen (secondary N) is 2. The van der Waals surface area contributed by atoms with Gasteiger partial charge in [0.05, 0.1) is 6.04 Å². The highest BCUT2D eigenvalue weighted by Crippen LogP contribution is 2.12. The third-order valence-corrected chi connectivity index (χ3v) is 3.21. The summed E-state index contributed by atoms with van der Waals surface area (Å²) in [5, 5.41) is 14.8. The Morgan fingerprint density at radius 3 is 2.62 bits per heavy atom. The number of hydrogen-bond acceptors (Lipinski definition) is 3. The normalized spacial score (nSPS) is 24.5. The number of carbonyl (C=O) groups excluding carboxylic acids is 1. The van der Waals surface area contributed by atoms with Crippen molar-refractivity contribution in [2.75, 3.05) is 6.54 Å². The highest BCUT2D eigenvalue weighted by atomic mass is 16.4. The summed E-state index contributed by atoms with van der Waals surface area (Å²) in [5.41, 5.74) is -1.16. The number of hydrogen-bond donors (Lipinski definition) is 3. The number of rotatable bonds is 4. The minimum atomic E-state index is -1.16. The van der Waals surface area contributed by atoms with Gasteiger partial charge in [0.1, 0.15) is 5.54 Å². The third-order valence-electron chi connectivity index (χ3n) is 3.21. The van der Waals surface area contributed by atoms with Crippen LogP contribution in [0.3, 0.4) is 0 Å². The second kappa shape index (κ2) is 5.30. The van der Waals surface area contributed by atoms with Crippen molar-refractivity contribution in [2.45, 2.75) is 51.1 Å². The van der Waals surface area contributed by atoms with E-state index in [0.29, 0.717) is 6.42 Å². The lowest BCUT2D eigenvalue weighted by Gasteiger charge is -2.29. The van der Waals surface area contributed by atoms with Crippen LogP contribution in [0.1, 0.15) is 39.5 Å². The van der Waals surface area contributed by atoms with Crippen molar-refractivity contribution in [3.05, 3.63) is 0 Å². The fourth-order valence-corrected chi connectivity index (χ4v) is 1.73. The molecule has 1 rings (SSSR count). The highest BCUT2D eigenvalue weighted by Gasteiger charge is 2.35. The van der Waals surface area contributed by atoms with Crippen molar-refractivity contribution in [2.24, 2.45) is 0 Å². The van der Waals surface area contributed by atoms with E-state index in [1.165, 1.54) is 6.92 Å². The molecule has 1 fully saturated rings. The van der Waals surface area contributed by atoms with Gasteiger partial charge in [-0.15, -0.1) is 0 Å². The zero-order valence-electron chi connectivity index (χ0n) is 9.88. The van der Waals surface area contributed by atoms with Gasteiger partial charge in [0.15, 0.2) is 0 Å². The van der Waals surface area contributed by atoms with Crippen LogP contribution in [0.2, 0.25) is 0 Å². The molecule has 1 amide bonds. The van der Waals surface area contributed by atoms with E-state index in [-0.39, 0.29) is 11.9 Å². The standard InChI is InChI=1S/C11H20N2O3/c1-3-11(2,10(15)16)13-9(14)8-6-4-5-7-12-8/h8,12H,3-7H2,1-2H3,(H,13,14)(H,15,16)/t8-,11?/m0/s1. The van der Waals surface area contributed by atoms with Crippen LogP contribution >= 0.6 is 0 Å². The van der Waals surface area contributed by atoms with Gasteiger partial charge in [-0.05, 0) is 32.7 Å². The van der Waals surface area contributed by atoms with Crippen molar-refractivity contribution in [3.8, 4) is 0 Å². The maximum absolute atomic E-state index is 11.8. The van der Waals surface area contributed by atoms with Crippen LogP contribution in [0.15, 0.2) is 0 Å². The van der Waals surface area contributed by atoms with Crippen molar-refractivity contribution in [3.63, 3.8) is 0 Å². The molecule has 3 N–H and O–H groups in total. The van der Waals surface area contributed by atoms with Crippen LogP contribution < -0.4 is 10.6 Å². The van der Waals surface area contributed by atoms with Crippen LogP contribution in [-0.2, 0) is 9.59 Å². The number of piperidine rings is 1. The molecule has 92 valence electrons. The molecule has 2 atom stereocenters. The Morgan fingerprint density at radius 1 is 1.50 bits per heavy atom. The third kappa shape index (κ3) is 2.95. The second-order valence-electron chi connectivity index (χ2n) is 4.48. The van der Waals surface area contributed by atoms with Crippen LogP contribution in [0.4, 0.5) is 0 Å². The molecule has 1 saturated heterocycles. The first-order chi connectivity index (χ1) is 7.49. The fourth-order valence-electron chi connectivity index (χ4n) is 1.73. The van der Waals surface area contributed by atoms with Crippen LogP contribution in [0.5, 0.6) is 0 Å². The molecule has 1 unspecified atom stereocenters. The van der Waals surface area contributed by atoms with Gasteiger partial charge in [0, 0.05) is 0 Å². The van der Waals surface area contributed by atoms with Crippen LogP contribution in [0.25, 0.3) is 0 Å². The monoisotopic (exact) mass is 228 g/mol. The molecule has 0 bridgehead atoms. The van der Waals surface area contributed by atoms with Crippen LogP contribution in [-0.4, -0.2) is 35.1 Å². The van der Waals surface area contributed by atoms with Gasteiger partial charge in [0.25, 0.3) is 0 Å². The molecule has 16 heavy (non-hydrogen) atoms. The van der Waals surface area contributed by atoms with Crippen molar-refractivity contribution in [1.82, 2.24) is 10.6 Å². The van der Waals surface area contributed by atoms with Gasteiger partial charge in [-0.1, -0.05) is 13.3 Å². The molecule has 1 aliphatic rings. The molecule has 0 spiro atoms. The summed E-state index contributed by atoms with van der Waals surface area (Å²) in [6.07, 6.45) is 3.25. The Bertz CT molecular complexity index is 274. The first-order valence-electron chi connectivity index (χ1n) is 5.78. The van der Waals surface area contributed by atoms with Crippen molar-refractivity contribution >= 4 is 11.9 Å². The average molecular weight is 228 g/mol. The lowest BCUT2D eigenvalue weighted by molar-refractivity contribution is -0.147. The highest BCUT2D eigenvalue weighted by molar-refractivity contribution is 5.89. The predicted octanol–water partition coefficient (Wildman–Crippen LogP) is 0.498. The van der Waals surface area contributed by atoms with Gasteiger partial charge in [0.2, 0.25) is 5.91 Å². The summed E-state index contributed by atoms with van der Waals surface area (Å²) >= 11 is 0. The first kappa shape index (κ1) is 13.0. The Balaban J connectivity index is 2.57. The zero-order chi connectivity index (χ0) is 12.2. The summed E-state index contributed by atoms with van der Waals surface area (Å²) in [5.74, 6) is -1.19. The van der Waals surface area contributed by atoms with Gasteiger partial charge < -0.3 is 15.7 Å². The number of carbonyl (C=O) groups is 2. The molecule has 1 heterocycles. The molecular formula is C11H20N2O3. The molecule has 1 aliphatic heterocycles. The minimum absolute atomic E-state index is 0.202. The number of carboxylic acids is 1. The average Bonchev–Trinajstić information content (AvgIpc) is 2.29. The summed E-state index contributed by atoms with van der Waals surface area (Å²) < 4.78 is 0. The van der Waals surface area contributed by atoms with Gasteiger partial charge >= 0.3 is 5.97 Å². The van der Waals surface area contributed by atoms with Crippen LogP contribution in [0, 0.1) is 0 Å². The van der Waals surface area contributed by atoms with E-state index < -0.39 is 11.5 Å². The number of carboxylic acid groups (broad SMARTS) is 1. The van der Waals surface area contributed by atoms with E-state index in [0.717, 1.165) is 25.8 Å². The molecule has 0 aromatic rings. The molecule has 0 saturated carbocycles. The molecule has 5 nitrogen and oxygen atoms in total. The van der Waals surface area contributed by atoms with E-state index in [1.807, 2.05) is 0 Å². The van der Waals surface area contributed by atoms with Crippen molar-refractivity contribution < 1.29 is 14.7 Å². The van der Waals surface area contributed by atoms with E-state index in [1.54, 1.807) is 6.92 Å². The minimum Gasteiger partial charge on any atom is -0.480 e. The Hall–Kier alpha value is -1.10.